The number of hydrogen-bond acceptors (Lipinski definition) is 5. The van der Waals surface area contributed by atoms with Gasteiger partial charge in [-0.25, -0.2) is 0 Å². The molecule has 0 bridgehead atoms. The largest absolute Gasteiger partial charge is 0.466 e. The highest BCUT2D eigenvalue weighted by Gasteiger charge is 2.56. The predicted molar refractivity (Wildman–Crippen MR) is 129 cm³/mol. The van der Waals surface area contributed by atoms with E-state index in [1.54, 1.807) is 6.08 Å². The fraction of sp³-hybridized carbons (Fsp3) is 0.786. The van der Waals surface area contributed by atoms with Gasteiger partial charge in [0.2, 0.25) is 0 Å². The first kappa shape index (κ1) is 26.2. The minimum Gasteiger partial charge on any atom is -0.466 e. The third-order valence-electron chi connectivity index (χ3n) is 9.05. The summed E-state index contributed by atoms with van der Waals surface area (Å²) in [7, 11) is 0. The Hall–Kier alpha value is -1.46. The van der Waals surface area contributed by atoms with Gasteiger partial charge < -0.3 is 14.9 Å². The van der Waals surface area contributed by atoms with Crippen molar-refractivity contribution in [2.24, 2.45) is 40.4 Å². The Morgan fingerprint density at radius 1 is 1.18 bits per heavy atom. The van der Waals surface area contributed by atoms with Crippen LogP contribution < -0.4 is 0 Å². The van der Waals surface area contributed by atoms with Crippen LogP contribution in [-0.4, -0.2) is 40.8 Å². The van der Waals surface area contributed by atoms with Crippen LogP contribution in [0.2, 0.25) is 0 Å². The van der Waals surface area contributed by atoms with Crippen LogP contribution in [0.25, 0.3) is 0 Å². The molecule has 3 rings (SSSR count). The Bertz CT molecular complexity index is 798. The van der Waals surface area contributed by atoms with E-state index in [9.17, 15) is 19.8 Å². The molecule has 0 aromatic carbocycles. The minimum atomic E-state index is -0.715. The number of ether oxygens (including phenoxy) is 1. The van der Waals surface area contributed by atoms with Gasteiger partial charge in [0.25, 0.3) is 0 Å². The second-order valence-electron chi connectivity index (χ2n) is 11.7. The molecule has 0 aliphatic heterocycles. The number of aliphatic hydroxyl groups is 2. The Morgan fingerprint density at radius 3 is 2.52 bits per heavy atom. The topological polar surface area (TPSA) is 83.8 Å². The Balaban J connectivity index is 1.94. The van der Waals surface area contributed by atoms with E-state index < -0.39 is 17.6 Å². The van der Waals surface area contributed by atoms with Gasteiger partial charge in [-0.05, 0) is 79.3 Å². The average Bonchev–Trinajstić information content (AvgIpc) is 3.07. The zero-order valence-corrected chi connectivity index (χ0v) is 21.3. The molecule has 5 heteroatoms. The number of allylic oxidation sites excluding steroid dienone is 3. The molecule has 0 radical (unpaired) electrons. The van der Waals surface area contributed by atoms with Crippen molar-refractivity contribution < 1.29 is 24.5 Å². The van der Waals surface area contributed by atoms with Gasteiger partial charge in [0.15, 0.2) is 5.78 Å². The number of hydrogen-bond donors (Lipinski definition) is 2. The molecule has 8 atom stereocenters. The second kappa shape index (κ2) is 10.0. The fourth-order valence-electron chi connectivity index (χ4n) is 7.05. The summed E-state index contributed by atoms with van der Waals surface area (Å²) in [5.41, 5.74) is -0.0688. The van der Waals surface area contributed by atoms with Crippen LogP contribution in [0.1, 0.15) is 80.1 Å². The average molecular weight is 461 g/mol. The summed E-state index contributed by atoms with van der Waals surface area (Å²) in [6, 6.07) is 0. The van der Waals surface area contributed by atoms with Crippen molar-refractivity contribution in [3.05, 3.63) is 23.8 Å². The lowest BCUT2D eigenvalue weighted by atomic mass is 9.55. The van der Waals surface area contributed by atoms with E-state index in [-0.39, 0.29) is 29.0 Å². The lowest BCUT2D eigenvalue weighted by Gasteiger charge is -2.49. The van der Waals surface area contributed by atoms with E-state index in [1.165, 1.54) is 6.92 Å². The van der Waals surface area contributed by atoms with Crippen LogP contribution >= 0.6 is 0 Å². The molecule has 2 saturated carbocycles. The quantitative estimate of drug-likeness (QED) is 0.419. The molecular formula is C28H44O5. The molecule has 186 valence electrons. The number of esters is 1. The zero-order valence-electron chi connectivity index (χ0n) is 21.3. The maximum atomic E-state index is 13.9. The van der Waals surface area contributed by atoms with E-state index in [0.717, 1.165) is 18.4 Å². The van der Waals surface area contributed by atoms with E-state index >= 15 is 0 Å². The number of carbonyl (C=O) groups is 2. The number of Topliss-reactive ketones (excluding diaryl/α,β-unsaturated/α-hetero) is 1. The molecule has 0 heterocycles. The molecule has 2 fully saturated rings. The summed E-state index contributed by atoms with van der Waals surface area (Å²) in [6.45, 7) is 12.6. The first-order valence-corrected chi connectivity index (χ1v) is 12.8. The van der Waals surface area contributed by atoms with Gasteiger partial charge in [-0.1, -0.05) is 46.8 Å². The molecular weight excluding hydrogens is 416 g/mol. The van der Waals surface area contributed by atoms with Gasteiger partial charge in [0, 0.05) is 18.3 Å². The number of rotatable bonds is 7. The van der Waals surface area contributed by atoms with E-state index in [4.69, 9.17) is 4.74 Å². The monoisotopic (exact) mass is 460 g/mol. The molecule has 5 nitrogen and oxygen atoms in total. The Morgan fingerprint density at radius 2 is 1.88 bits per heavy atom. The molecule has 0 unspecified atom stereocenters. The third kappa shape index (κ3) is 5.14. The van der Waals surface area contributed by atoms with Crippen molar-refractivity contribution in [3.8, 4) is 0 Å². The van der Waals surface area contributed by atoms with Crippen molar-refractivity contribution in [3.63, 3.8) is 0 Å². The summed E-state index contributed by atoms with van der Waals surface area (Å²) in [4.78, 5) is 25.4. The maximum absolute atomic E-state index is 13.9. The number of carbonyl (C=O) groups excluding carboxylic acids is 2. The van der Waals surface area contributed by atoms with E-state index in [0.29, 0.717) is 50.0 Å². The van der Waals surface area contributed by atoms with Crippen LogP contribution in [0.15, 0.2) is 23.8 Å². The number of fused-ring (bicyclic) bond motifs is 1. The minimum absolute atomic E-state index is 0.0275. The first-order valence-electron chi connectivity index (χ1n) is 12.8. The van der Waals surface area contributed by atoms with Gasteiger partial charge >= 0.3 is 5.97 Å². The molecule has 0 spiro atoms. The van der Waals surface area contributed by atoms with Crippen molar-refractivity contribution in [1.82, 2.24) is 0 Å². The highest BCUT2D eigenvalue weighted by molar-refractivity contribution is 6.01. The van der Waals surface area contributed by atoms with Gasteiger partial charge in [0.1, 0.15) is 0 Å². The smallest absolute Gasteiger partial charge is 0.302 e. The standard InChI is InChI=1S/C28H44O5/c1-17(2)7-8-18(3)22-9-10-23(27(22,5)13-14-33-19(4)29)21-16-25(31)24-15-20(30)11-12-28(24,6)26(21)32/h7-8,16-18,20,22-25,30-31H,9-15H2,1-6H3/b8-7+/t18-,20+,22-,23+,24-,25+,27-,28+/m1/s1. The van der Waals surface area contributed by atoms with Gasteiger partial charge in [-0.15, -0.1) is 0 Å². The maximum Gasteiger partial charge on any atom is 0.302 e. The number of aliphatic hydroxyl groups excluding tert-OH is 2. The molecule has 0 aromatic rings. The summed E-state index contributed by atoms with van der Waals surface area (Å²) < 4.78 is 5.36. The van der Waals surface area contributed by atoms with Gasteiger partial charge in [-0.3, -0.25) is 9.59 Å². The first-order chi connectivity index (χ1) is 15.4. The van der Waals surface area contributed by atoms with Crippen LogP contribution in [0.3, 0.4) is 0 Å². The molecule has 0 amide bonds. The highest BCUT2D eigenvalue weighted by atomic mass is 16.5. The fourth-order valence-corrected chi connectivity index (χ4v) is 7.05. The van der Waals surface area contributed by atoms with Gasteiger partial charge in [0.05, 0.1) is 18.8 Å². The molecule has 0 aromatic heterocycles. The lowest BCUT2D eigenvalue weighted by Crippen LogP contribution is -2.52. The SMILES string of the molecule is CC(=O)OCC[C@]1(C)[C@@H]([C@H](C)/C=C/C(C)C)CC[C@H]1C1=C[C@H](O)[C@H]2C[C@@H](O)CC[C@]2(C)C1=O. The second-order valence-corrected chi connectivity index (χ2v) is 11.7. The number of ketones is 1. The summed E-state index contributed by atoms with van der Waals surface area (Å²) in [5, 5.41) is 21.2. The molecule has 33 heavy (non-hydrogen) atoms. The Kier molecular flexibility index (Phi) is 7.95. The van der Waals surface area contributed by atoms with Crippen LogP contribution in [0, 0.1) is 40.4 Å². The van der Waals surface area contributed by atoms with Crippen molar-refractivity contribution in [2.75, 3.05) is 6.61 Å². The van der Waals surface area contributed by atoms with E-state index in [2.05, 4.69) is 39.8 Å². The summed E-state index contributed by atoms with van der Waals surface area (Å²) in [6.07, 6.45) is 9.48. The van der Waals surface area contributed by atoms with Crippen molar-refractivity contribution >= 4 is 11.8 Å². The lowest BCUT2D eigenvalue weighted by molar-refractivity contribution is -0.143. The summed E-state index contributed by atoms with van der Waals surface area (Å²) >= 11 is 0. The van der Waals surface area contributed by atoms with Crippen LogP contribution in [-0.2, 0) is 14.3 Å². The van der Waals surface area contributed by atoms with Crippen molar-refractivity contribution in [1.29, 1.82) is 0 Å². The molecule has 3 aliphatic rings. The molecule has 3 aliphatic carbocycles. The van der Waals surface area contributed by atoms with Crippen molar-refractivity contribution in [2.45, 2.75) is 92.3 Å². The van der Waals surface area contributed by atoms with E-state index in [1.807, 2.05) is 6.92 Å². The van der Waals surface area contributed by atoms with Gasteiger partial charge in [-0.2, -0.15) is 0 Å². The summed E-state index contributed by atoms with van der Waals surface area (Å²) in [5.74, 6) is 0.856. The predicted octanol–water partition coefficient (Wildman–Crippen LogP) is 4.86. The molecule has 0 saturated heterocycles. The van der Waals surface area contributed by atoms with Crippen LogP contribution in [0.4, 0.5) is 0 Å². The van der Waals surface area contributed by atoms with Crippen LogP contribution in [0.5, 0.6) is 0 Å². The third-order valence-corrected chi connectivity index (χ3v) is 9.05. The highest BCUT2D eigenvalue weighted by Crippen LogP contribution is 2.59. The zero-order chi connectivity index (χ0) is 24.6. The normalized spacial score (nSPS) is 40.1. The Labute approximate surface area is 199 Å². The molecule has 2 N–H and O–H groups in total.